The molecular formula is C17H20ClNO3. The molecule has 2 rings (SSSR count). The molecule has 0 aromatic heterocycles. The molecule has 1 amide bonds. The number of carbonyl (C=O) groups excluding carboxylic acids is 2. The van der Waals surface area contributed by atoms with Crippen molar-refractivity contribution >= 4 is 23.5 Å². The minimum absolute atomic E-state index is 0.0995. The monoisotopic (exact) mass is 321 g/mol. The normalized spacial score (nSPS) is 19.6. The molecule has 118 valence electrons. The van der Waals surface area contributed by atoms with Gasteiger partial charge in [0.2, 0.25) is 5.91 Å². The maximum Gasteiger partial charge on any atom is 0.336 e. The van der Waals surface area contributed by atoms with Gasteiger partial charge in [0.05, 0.1) is 11.7 Å². The molecule has 0 bridgehead atoms. The number of carbonyl (C=O) groups is 2. The van der Waals surface area contributed by atoms with Crippen LogP contribution in [0.25, 0.3) is 0 Å². The van der Waals surface area contributed by atoms with E-state index in [-0.39, 0.29) is 30.3 Å². The van der Waals surface area contributed by atoms with Crippen LogP contribution >= 0.6 is 11.6 Å². The van der Waals surface area contributed by atoms with Crippen LogP contribution in [0.15, 0.2) is 35.5 Å². The molecule has 2 unspecified atom stereocenters. The molecule has 1 N–H and O–H groups in total. The molecule has 0 spiro atoms. The number of rotatable bonds is 4. The third-order valence-corrected chi connectivity index (χ3v) is 4.10. The van der Waals surface area contributed by atoms with Gasteiger partial charge in [-0.2, -0.15) is 0 Å². The van der Waals surface area contributed by atoms with Gasteiger partial charge in [-0.1, -0.05) is 30.7 Å². The zero-order valence-corrected chi connectivity index (χ0v) is 13.7. The fourth-order valence-corrected chi connectivity index (χ4v) is 2.61. The van der Waals surface area contributed by atoms with Crippen LogP contribution in [0.2, 0.25) is 5.02 Å². The van der Waals surface area contributed by atoms with Gasteiger partial charge in [0.1, 0.15) is 0 Å². The second-order valence-electron chi connectivity index (χ2n) is 5.52. The molecule has 1 aliphatic heterocycles. The predicted molar refractivity (Wildman–Crippen MR) is 85.5 cm³/mol. The summed E-state index contributed by atoms with van der Waals surface area (Å²) in [5, 5.41) is 3.35. The van der Waals surface area contributed by atoms with Crippen LogP contribution < -0.4 is 5.32 Å². The van der Waals surface area contributed by atoms with Gasteiger partial charge in [-0.05, 0) is 38.0 Å². The van der Waals surface area contributed by atoms with Crippen LogP contribution in [0.4, 0.5) is 0 Å². The lowest BCUT2D eigenvalue weighted by Crippen LogP contribution is -2.34. The van der Waals surface area contributed by atoms with E-state index in [0.29, 0.717) is 16.3 Å². The van der Waals surface area contributed by atoms with Crippen molar-refractivity contribution in [3.63, 3.8) is 0 Å². The summed E-state index contributed by atoms with van der Waals surface area (Å²) >= 11 is 5.91. The minimum Gasteiger partial charge on any atom is -0.459 e. The van der Waals surface area contributed by atoms with Crippen LogP contribution in [-0.2, 0) is 14.3 Å². The van der Waals surface area contributed by atoms with Crippen molar-refractivity contribution in [3.8, 4) is 0 Å². The Kier molecular flexibility index (Phi) is 5.24. The number of hydrogen-bond donors (Lipinski definition) is 1. The van der Waals surface area contributed by atoms with Gasteiger partial charge in [-0.25, -0.2) is 4.79 Å². The van der Waals surface area contributed by atoms with Gasteiger partial charge in [0.25, 0.3) is 0 Å². The first-order chi connectivity index (χ1) is 10.4. The molecule has 22 heavy (non-hydrogen) atoms. The Bertz CT molecular complexity index is 607. The lowest BCUT2D eigenvalue weighted by Gasteiger charge is -2.27. The maximum atomic E-state index is 12.5. The molecule has 1 heterocycles. The number of halogens is 1. The summed E-state index contributed by atoms with van der Waals surface area (Å²) in [5.41, 5.74) is 1.96. The van der Waals surface area contributed by atoms with Crippen molar-refractivity contribution < 1.29 is 14.3 Å². The Morgan fingerprint density at radius 1 is 1.41 bits per heavy atom. The van der Waals surface area contributed by atoms with Gasteiger partial charge in [0.15, 0.2) is 0 Å². The lowest BCUT2D eigenvalue weighted by atomic mass is 9.84. The number of nitrogens with one attached hydrogen (secondary N) is 1. The summed E-state index contributed by atoms with van der Waals surface area (Å²) in [6, 6.07) is 7.21. The second kappa shape index (κ2) is 6.97. The fourth-order valence-electron chi connectivity index (χ4n) is 2.48. The number of amides is 1. The van der Waals surface area contributed by atoms with Crippen LogP contribution in [0.3, 0.4) is 0 Å². The van der Waals surface area contributed by atoms with E-state index in [0.717, 1.165) is 12.0 Å². The third kappa shape index (κ3) is 3.69. The van der Waals surface area contributed by atoms with Crippen LogP contribution in [0, 0.1) is 0 Å². The van der Waals surface area contributed by atoms with E-state index >= 15 is 0 Å². The van der Waals surface area contributed by atoms with Crippen molar-refractivity contribution in [1.29, 1.82) is 0 Å². The third-order valence-electron chi connectivity index (χ3n) is 3.84. The first-order valence-corrected chi connectivity index (χ1v) is 7.77. The van der Waals surface area contributed by atoms with Crippen molar-refractivity contribution in [1.82, 2.24) is 5.32 Å². The van der Waals surface area contributed by atoms with Crippen molar-refractivity contribution in [2.24, 2.45) is 0 Å². The van der Waals surface area contributed by atoms with E-state index in [1.807, 2.05) is 26.0 Å². The van der Waals surface area contributed by atoms with Crippen LogP contribution in [0.1, 0.15) is 45.1 Å². The number of ether oxygens (including phenoxy) is 1. The smallest absolute Gasteiger partial charge is 0.336 e. The van der Waals surface area contributed by atoms with Crippen LogP contribution in [-0.4, -0.2) is 18.0 Å². The molecule has 0 saturated carbocycles. The van der Waals surface area contributed by atoms with E-state index < -0.39 is 0 Å². The minimum atomic E-state index is -0.369. The molecule has 0 fully saturated rings. The van der Waals surface area contributed by atoms with E-state index in [9.17, 15) is 9.59 Å². The summed E-state index contributed by atoms with van der Waals surface area (Å²) in [6.07, 6.45) is 0.816. The molecule has 0 aliphatic carbocycles. The largest absolute Gasteiger partial charge is 0.459 e. The highest BCUT2D eigenvalue weighted by molar-refractivity contribution is 6.30. The van der Waals surface area contributed by atoms with E-state index in [4.69, 9.17) is 16.3 Å². The number of esters is 1. The Hall–Kier alpha value is -1.81. The number of hydrogen-bond acceptors (Lipinski definition) is 3. The zero-order valence-electron chi connectivity index (χ0n) is 13.0. The topological polar surface area (TPSA) is 55.4 Å². The predicted octanol–water partition coefficient (Wildman–Crippen LogP) is 3.56. The van der Waals surface area contributed by atoms with E-state index in [1.165, 1.54) is 0 Å². The number of allylic oxidation sites excluding steroid dienone is 1. The molecule has 0 radical (unpaired) electrons. The molecular weight excluding hydrogens is 302 g/mol. The Balaban J connectivity index is 2.36. The average Bonchev–Trinajstić information content (AvgIpc) is 2.46. The van der Waals surface area contributed by atoms with Gasteiger partial charge in [-0.15, -0.1) is 0 Å². The SMILES string of the molecule is CCC(C)OC(=O)C1=C(C)NC(=O)CC1c1ccc(Cl)cc1. The quantitative estimate of drug-likeness (QED) is 0.863. The first-order valence-electron chi connectivity index (χ1n) is 7.39. The summed E-state index contributed by atoms with van der Waals surface area (Å²) in [5.74, 6) is -0.771. The van der Waals surface area contributed by atoms with Gasteiger partial charge < -0.3 is 10.1 Å². The molecule has 5 heteroatoms. The molecule has 4 nitrogen and oxygen atoms in total. The molecule has 0 saturated heterocycles. The average molecular weight is 322 g/mol. The van der Waals surface area contributed by atoms with E-state index in [2.05, 4.69) is 5.32 Å². The maximum absolute atomic E-state index is 12.5. The number of benzene rings is 1. The highest BCUT2D eigenvalue weighted by Crippen LogP contribution is 2.34. The lowest BCUT2D eigenvalue weighted by molar-refractivity contribution is -0.144. The zero-order chi connectivity index (χ0) is 16.3. The van der Waals surface area contributed by atoms with Gasteiger partial charge >= 0.3 is 5.97 Å². The molecule has 1 aliphatic rings. The second-order valence-corrected chi connectivity index (χ2v) is 5.96. The molecule has 2 atom stereocenters. The Morgan fingerprint density at radius 3 is 2.64 bits per heavy atom. The highest BCUT2D eigenvalue weighted by atomic mass is 35.5. The van der Waals surface area contributed by atoms with Crippen molar-refractivity contribution in [2.45, 2.75) is 45.6 Å². The summed E-state index contributed by atoms with van der Waals surface area (Å²) in [6.45, 7) is 5.54. The van der Waals surface area contributed by atoms with Crippen molar-refractivity contribution in [2.75, 3.05) is 0 Å². The Morgan fingerprint density at radius 2 is 2.05 bits per heavy atom. The van der Waals surface area contributed by atoms with Crippen molar-refractivity contribution in [3.05, 3.63) is 46.1 Å². The fraction of sp³-hybridized carbons (Fsp3) is 0.412. The standard InChI is InChI=1S/C17H20ClNO3/c1-4-10(2)22-17(21)16-11(3)19-15(20)9-14(16)12-5-7-13(18)8-6-12/h5-8,10,14H,4,9H2,1-3H3,(H,19,20). The van der Waals surface area contributed by atoms with E-state index in [1.54, 1.807) is 19.1 Å². The summed E-state index contributed by atoms with van der Waals surface area (Å²) in [4.78, 5) is 24.3. The van der Waals surface area contributed by atoms with Gasteiger partial charge in [-0.3, -0.25) is 4.79 Å². The molecule has 1 aromatic carbocycles. The molecule has 1 aromatic rings. The highest BCUT2D eigenvalue weighted by Gasteiger charge is 2.33. The van der Waals surface area contributed by atoms with Crippen LogP contribution in [0.5, 0.6) is 0 Å². The summed E-state index contributed by atoms with van der Waals surface area (Å²) < 4.78 is 5.45. The first kappa shape index (κ1) is 16.6. The van der Waals surface area contributed by atoms with Gasteiger partial charge in [0, 0.05) is 23.1 Å². The Labute approximate surface area is 135 Å². The summed E-state index contributed by atoms with van der Waals surface area (Å²) in [7, 11) is 0.